The summed E-state index contributed by atoms with van der Waals surface area (Å²) in [4.78, 5) is 19.4. The molecule has 1 fully saturated rings. The molecule has 1 aliphatic rings. The number of hydrogen-bond donors (Lipinski definition) is 1. The third kappa shape index (κ3) is 3.09. The number of halogens is 1. The number of para-hydroxylation sites is 1. The van der Waals surface area contributed by atoms with Crippen LogP contribution in [0.3, 0.4) is 0 Å². The summed E-state index contributed by atoms with van der Waals surface area (Å²) in [5.41, 5.74) is 7.94. The first-order valence-electron chi connectivity index (χ1n) is 8.97. The Morgan fingerprint density at radius 1 is 1.19 bits per heavy atom. The van der Waals surface area contributed by atoms with E-state index in [0.29, 0.717) is 43.2 Å². The summed E-state index contributed by atoms with van der Waals surface area (Å²) >= 11 is 0. The molecule has 0 bridgehead atoms. The van der Waals surface area contributed by atoms with Crippen molar-refractivity contribution in [2.75, 3.05) is 26.3 Å². The second kappa shape index (κ2) is 7.09. The maximum absolute atomic E-state index is 14.9. The fourth-order valence-electron chi connectivity index (χ4n) is 3.43. The normalized spacial score (nSPS) is 15.9. The Hall–Kier alpha value is -2.77. The van der Waals surface area contributed by atoms with E-state index in [0.717, 1.165) is 5.69 Å². The maximum atomic E-state index is 14.9. The Morgan fingerprint density at radius 3 is 2.56 bits per heavy atom. The fraction of sp³-hybridized carbons (Fsp3) is 0.300. The van der Waals surface area contributed by atoms with Gasteiger partial charge in [-0.05, 0) is 31.2 Å². The number of ether oxygens (including phenoxy) is 1. The molecule has 1 aromatic heterocycles. The number of rotatable bonds is 3. The Kier molecular flexibility index (Phi) is 4.63. The zero-order chi connectivity index (χ0) is 19.0. The molecule has 0 spiro atoms. The summed E-state index contributed by atoms with van der Waals surface area (Å²) in [6.45, 7) is 3.60. The largest absolute Gasteiger partial charge is 0.378 e. The highest BCUT2D eigenvalue weighted by molar-refractivity contribution is 6.06. The van der Waals surface area contributed by atoms with Gasteiger partial charge in [0.15, 0.2) is 0 Å². The molecule has 1 aliphatic heterocycles. The van der Waals surface area contributed by atoms with Crippen molar-refractivity contribution < 1.29 is 13.9 Å². The molecule has 1 amide bonds. The average molecular weight is 368 g/mol. The van der Waals surface area contributed by atoms with E-state index in [9.17, 15) is 9.18 Å². The molecule has 27 heavy (non-hydrogen) atoms. The highest BCUT2D eigenvalue weighted by Gasteiger charge is 2.28. The molecule has 0 unspecified atom stereocenters. The lowest BCUT2D eigenvalue weighted by molar-refractivity contribution is 0.0301. The van der Waals surface area contributed by atoms with Crippen LogP contribution >= 0.6 is 0 Å². The predicted molar refractivity (Wildman–Crippen MR) is 100 cm³/mol. The van der Waals surface area contributed by atoms with Crippen LogP contribution in [0.1, 0.15) is 29.1 Å². The quantitative estimate of drug-likeness (QED) is 0.771. The van der Waals surface area contributed by atoms with Gasteiger partial charge in [-0.2, -0.15) is 0 Å². The topological polar surface area (TPSA) is 73.4 Å². The molecule has 1 saturated heterocycles. The number of aromatic nitrogens is 2. The van der Waals surface area contributed by atoms with E-state index < -0.39 is 5.82 Å². The lowest BCUT2D eigenvalue weighted by atomic mass is 10.1. The zero-order valence-corrected chi connectivity index (χ0v) is 15.1. The van der Waals surface area contributed by atoms with Crippen molar-refractivity contribution in [1.82, 2.24) is 14.5 Å². The SMILES string of the molecule is C[C@H](N)c1nc2ccc(F)c(C(=O)N3CCOCC3)c2n1-c1ccccc1. The van der Waals surface area contributed by atoms with Gasteiger partial charge in [-0.1, -0.05) is 18.2 Å². The monoisotopic (exact) mass is 368 g/mol. The summed E-state index contributed by atoms with van der Waals surface area (Å²) in [6.07, 6.45) is 0. The summed E-state index contributed by atoms with van der Waals surface area (Å²) in [5.74, 6) is -0.333. The van der Waals surface area contributed by atoms with Crippen LogP contribution in [0.5, 0.6) is 0 Å². The van der Waals surface area contributed by atoms with Crippen molar-refractivity contribution in [2.24, 2.45) is 5.73 Å². The van der Waals surface area contributed by atoms with Crippen molar-refractivity contribution in [3.8, 4) is 5.69 Å². The number of amides is 1. The lowest BCUT2D eigenvalue weighted by Crippen LogP contribution is -2.41. The number of carbonyl (C=O) groups is 1. The maximum Gasteiger partial charge on any atom is 0.259 e. The van der Waals surface area contributed by atoms with Crippen molar-refractivity contribution in [3.05, 3.63) is 59.7 Å². The van der Waals surface area contributed by atoms with Gasteiger partial charge in [-0.3, -0.25) is 9.36 Å². The standard InChI is InChI=1S/C20H21FN4O2/c1-13(22)19-23-16-8-7-15(21)17(20(26)24-9-11-27-12-10-24)18(16)25(19)14-5-3-2-4-6-14/h2-8,13H,9-12,22H2,1H3/t13-/m0/s1. The van der Waals surface area contributed by atoms with E-state index in [1.54, 1.807) is 15.5 Å². The van der Waals surface area contributed by atoms with Crippen LogP contribution in [0.25, 0.3) is 16.7 Å². The number of benzene rings is 2. The molecule has 6 nitrogen and oxygen atoms in total. The fourth-order valence-corrected chi connectivity index (χ4v) is 3.43. The molecule has 0 radical (unpaired) electrons. The van der Waals surface area contributed by atoms with Crippen molar-refractivity contribution in [1.29, 1.82) is 0 Å². The van der Waals surface area contributed by atoms with E-state index >= 15 is 0 Å². The van der Waals surface area contributed by atoms with Gasteiger partial charge in [0.05, 0.1) is 30.3 Å². The number of imidazole rings is 1. The van der Waals surface area contributed by atoms with Gasteiger partial charge in [-0.25, -0.2) is 9.37 Å². The van der Waals surface area contributed by atoms with Gasteiger partial charge in [0.2, 0.25) is 0 Å². The number of hydrogen-bond acceptors (Lipinski definition) is 4. The van der Waals surface area contributed by atoms with E-state index in [2.05, 4.69) is 4.98 Å². The Labute approximate surface area is 156 Å². The second-order valence-electron chi connectivity index (χ2n) is 6.62. The minimum absolute atomic E-state index is 0.0256. The van der Waals surface area contributed by atoms with Crippen LogP contribution in [0.4, 0.5) is 4.39 Å². The molecule has 2 aromatic carbocycles. The van der Waals surface area contributed by atoms with Crippen molar-refractivity contribution in [2.45, 2.75) is 13.0 Å². The van der Waals surface area contributed by atoms with Gasteiger partial charge in [0.25, 0.3) is 5.91 Å². The first-order chi connectivity index (χ1) is 13.1. The predicted octanol–water partition coefficient (Wildman–Crippen LogP) is 2.66. The molecule has 7 heteroatoms. The van der Waals surface area contributed by atoms with E-state index in [1.165, 1.54) is 6.07 Å². The lowest BCUT2D eigenvalue weighted by Gasteiger charge is -2.27. The smallest absolute Gasteiger partial charge is 0.259 e. The van der Waals surface area contributed by atoms with Crippen LogP contribution in [-0.2, 0) is 4.74 Å². The highest BCUT2D eigenvalue weighted by Crippen LogP contribution is 2.29. The summed E-state index contributed by atoms with van der Waals surface area (Å²) in [5, 5.41) is 0. The molecule has 4 rings (SSSR count). The van der Waals surface area contributed by atoms with Crippen LogP contribution < -0.4 is 5.73 Å². The molecule has 1 atom stereocenters. The first-order valence-corrected chi connectivity index (χ1v) is 8.97. The van der Waals surface area contributed by atoms with Crippen molar-refractivity contribution in [3.63, 3.8) is 0 Å². The summed E-state index contributed by atoms with van der Waals surface area (Å²) in [6, 6.07) is 11.9. The molecule has 0 saturated carbocycles. The van der Waals surface area contributed by atoms with Gasteiger partial charge in [0, 0.05) is 18.8 Å². The third-order valence-corrected chi connectivity index (χ3v) is 4.73. The van der Waals surface area contributed by atoms with Crippen LogP contribution in [-0.4, -0.2) is 46.7 Å². The van der Waals surface area contributed by atoms with Gasteiger partial charge in [0.1, 0.15) is 17.2 Å². The van der Waals surface area contributed by atoms with Crippen LogP contribution in [0, 0.1) is 5.82 Å². The Balaban J connectivity index is 1.98. The highest BCUT2D eigenvalue weighted by atomic mass is 19.1. The van der Waals surface area contributed by atoms with Gasteiger partial charge >= 0.3 is 0 Å². The molecule has 2 N–H and O–H groups in total. The minimum atomic E-state index is -0.563. The van der Waals surface area contributed by atoms with Gasteiger partial charge < -0.3 is 15.4 Å². The summed E-state index contributed by atoms with van der Waals surface area (Å²) < 4.78 is 22.0. The molecular formula is C20H21FN4O2. The number of fused-ring (bicyclic) bond motifs is 1. The number of carbonyl (C=O) groups excluding carboxylic acids is 1. The summed E-state index contributed by atoms with van der Waals surface area (Å²) in [7, 11) is 0. The molecule has 3 aromatic rings. The number of morpholine rings is 1. The number of nitrogens with zero attached hydrogens (tertiary/aromatic N) is 3. The van der Waals surface area contributed by atoms with E-state index in [4.69, 9.17) is 10.5 Å². The minimum Gasteiger partial charge on any atom is -0.378 e. The van der Waals surface area contributed by atoms with Crippen molar-refractivity contribution >= 4 is 16.9 Å². The Morgan fingerprint density at radius 2 is 1.89 bits per heavy atom. The Bertz CT molecular complexity index is 979. The first kappa shape index (κ1) is 17.6. The van der Waals surface area contributed by atoms with Crippen LogP contribution in [0.2, 0.25) is 0 Å². The molecule has 0 aliphatic carbocycles. The molecular weight excluding hydrogens is 347 g/mol. The number of nitrogens with two attached hydrogens (primary N) is 1. The second-order valence-corrected chi connectivity index (χ2v) is 6.62. The molecule has 140 valence electrons. The van der Waals surface area contributed by atoms with E-state index in [1.807, 2.05) is 37.3 Å². The molecule has 2 heterocycles. The zero-order valence-electron chi connectivity index (χ0n) is 15.1. The average Bonchev–Trinajstić information content (AvgIpc) is 3.09. The van der Waals surface area contributed by atoms with Gasteiger partial charge in [-0.15, -0.1) is 0 Å². The third-order valence-electron chi connectivity index (χ3n) is 4.73. The van der Waals surface area contributed by atoms with E-state index in [-0.39, 0.29) is 17.5 Å². The van der Waals surface area contributed by atoms with Crippen LogP contribution in [0.15, 0.2) is 42.5 Å².